The lowest BCUT2D eigenvalue weighted by Gasteiger charge is -2.08. The van der Waals surface area contributed by atoms with Crippen LogP contribution in [0.4, 0.5) is 11.4 Å². The van der Waals surface area contributed by atoms with Gasteiger partial charge in [-0.05, 0) is 49.2 Å². The zero-order valence-electron chi connectivity index (χ0n) is 11.2. The minimum atomic E-state index is -0.418. The first kappa shape index (κ1) is 14.4. The van der Waals surface area contributed by atoms with Gasteiger partial charge >= 0.3 is 5.69 Å². The number of anilines is 1. The quantitative estimate of drug-likeness (QED) is 0.510. The van der Waals surface area contributed by atoms with E-state index in [1.807, 2.05) is 32.0 Å². The summed E-state index contributed by atoms with van der Waals surface area (Å²) in [5, 5.41) is 11.2. The van der Waals surface area contributed by atoms with Crippen LogP contribution >= 0.6 is 11.8 Å². The largest absolute Gasteiger partial charge is 0.318 e. The molecule has 0 saturated carbocycles. The fraction of sp³-hybridized carbons (Fsp3) is 0.143. The molecule has 0 amide bonds. The maximum absolute atomic E-state index is 11.2. The summed E-state index contributed by atoms with van der Waals surface area (Å²) in [6.45, 7) is 4.05. The third-order valence-corrected chi connectivity index (χ3v) is 4.08. The van der Waals surface area contributed by atoms with Crippen molar-refractivity contribution in [1.82, 2.24) is 0 Å². The van der Waals surface area contributed by atoms with E-state index in [4.69, 9.17) is 5.84 Å². The SMILES string of the molecule is Cc1ccc(Sc2cccc(NN)c2[N+](=O)[O-])cc1C. The molecule has 2 aromatic carbocycles. The Morgan fingerprint density at radius 1 is 1.20 bits per heavy atom. The number of nitro benzene ring substituents is 1. The molecule has 0 atom stereocenters. The Morgan fingerprint density at radius 2 is 1.95 bits per heavy atom. The summed E-state index contributed by atoms with van der Waals surface area (Å²) in [4.78, 5) is 12.3. The normalized spacial score (nSPS) is 10.3. The first-order chi connectivity index (χ1) is 9.52. The van der Waals surface area contributed by atoms with Gasteiger partial charge in [0.15, 0.2) is 0 Å². The molecule has 3 N–H and O–H groups in total. The predicted molar refractivity (Wildman–Crippen MR) is 80.9 cm³/mol. The van der Waals surface area contributed by atoms with Crippen LogP contribution in [0.2, 0.25) is 0 Å². The minimum absolute atomic E-state index is 0.00164. The average Bonchev–Trinajstić information content (AvgIpc) is 2.42. The number of hydrogen-bond acceptors (Lipinski definition) is 5. The second-order valence-electron chi connectivity index (χ2n) is 4.40. The molecule has 0 unspecified atom stereocenters. The molecule has 0 spiro atoms. The molecule has 20 heavy (non-hydrogen) atoms. The third kappa shape index (κ3) is 2.92. The van der Waals surface area contributed by atoms with Crippen LogP contribution in [-0.4, -0.2) is 4.92 Å². The lowest BCUT2D eigenvalue weighted by Crippen LogP contribution is -2.09. The predicted octanol–water partition coefficient (Wildman–Crippen LogP) is 3.65. The Labute approximate surface area is 121 Å². The number of hydrogen-bond donors (Lipinski definition) is 2. The molecule has 0 bridgehead atoms. The highest BCUT2D eigenvalue weighted by molar-refractivity contribution is 7.99. The molecule has 5 nitrogen and oxygen atoms in total. The van der Waals surface area contributed by atoms with Crippen molar-refractivity contribution in [1.29, 1.82) is 0 Å². The summed E-state index contributed by atoms with van der Waals surface area (Å²) in [5.41, 5.74) is 5.03. The molecular formula is C14H15N3O2S. The van der Waals surface area contributed by atoms with Gasteiger partial charge in [-0.15, -0.1) is 0 Å². The fourth-order valence-corrected chi connectivity index (χ4v) is 2.87. The second-order valence-corrected chi connectivity index (χ2v) is 5.52. The number of nitrogens with one attached hydrogen (secondary N) is 1. The Hall–Kier alpha value is -2.05. The number of nitrogen functional groups attached to an aromatic ring is 1. The van der Waals surface area contributed by atoms with Crippen molar-refractivity contribution in [2.45, 2.75) is 23.6 Å². The maximum Gasteiger partial charge on any atom is 0.307 e. The molecule has 0 aliphatic carbocycles. The number of aryl methyl sites for hydroxylation is 2. The summed E-state index contributed by atoms with van der Waals surface area (Å²) < 4.78 is 0. The van der Waals surface area contributed by atoms with E-state index in [2.05, 4.69) is 5.43 Å². The summed E-state index contributed by atoms with van der Waals surface area (Å²) in [7, 11) is 0. The highest BCUT2D eigenvalue weighted by Gasteiger charge is 2.19. The van der Waals surface area contributed by atoms with Crippen LogP contribution in [0.15, 0.2) is 46.2 Å². The summed E-state index contributed by atoms with van der Waals surface area (Å²) in [6, 6.07) is 11.0. The van der Waals surface area contributed by atoms with E-state index in [1.54, 1.807) is 18.2 Å². The van der Waals surface area contributed by atoms with Crippen molar-refractivity contribution < 1.29 is 4.92 Å². The van der Waals surface area contributed by atoms with Gasteiger partial charge in [0, 0.05) is 4.90 Å². The highest BCUT2D eigenvalue weighted by Crippen LogP contribution is 2.39. The van der Waals surface area contributed by atoms with Gasteiger partial charge in [0.25, 0.3) is 0 Å². The molecule has 0 aliphatic rings. The Kier molecular flexibility index (Phi) is 4.26. The molecular weight excluding hydrogens is 274 g/mol. The summed E-state index contributed by atoms with van der Waals surface area (Å²) >= 11 is 1.36. The van der Waals surface area contributed by atoms with Crippen LogP contribution in [0.25, 0.3) is 0 Å². The first-order valence-electron chi connectivity index (χ1n) is 6.02. The number of hydrazine groups is 1. The number of benzene rings is 2. The van der Waals surface area contributed by atoms with Gasteiger partial charge in [-0.25, -0.2) is 0 Å². The van der Waals surface area contributed by atoms with Gasteiger partial charge < -0.3 is 5.43 Å². The third-order valence-electron chi connectivity index (χ3n) is 3.04. The Bertz CT molecular complexity index is 659. The van der Waals surface area contributed by atoms with Crippen molar-refractivity contribution in [3.05, 3.63) is 57.6 Å². The number of rotatable bonds is 4. The van der Waals surface area contributed by atoms with Crippen molar-refractivity contribution in [3.8, 4) is 0 Å². The van der Waals surface area contributed by atoms with Crippen molar-refractivity contribution in [2.24, 2.45) is 5.84 Å². The van der Waals surface area contributed by atoms with Gasteiger partial charge in [-0.1, -0.05) is 23.9 Å². The van der Waals surface area contributed by atoms with Crippen molar-refractivity contribution >= 4 is 23.1 Å². The average molecular weight is 289 g/mol. The van der Waals surface area contributed by atoms with Gasteiger partial charge in [-0.3, -0.25) is 16.0 Å². The number of nitrogens with zero attached hydrogens (tertiary/aromatic N) is 1. The minimum Gasteiger partial charge on any atom is -0.318 e. The molecule has 2 rings (SSSR count). The maximum atomic E-state index is 11.2. The van der Waals surface area contributed by atoms with Gasteiger partial charge in [0.1, 0.15) is 5.69 Å². The lowest BCUT2D eigenvalue weighted by atomic mass is 10.1. The Balaban J connectivity index is 2.42. The van der Waals surface area contributed by atoms with Gasteiger partial charge in [0.05, 0.1) is 9.82 Å². The molecule has 6 heteroatoms. The molecule has 0 aromatic heterocycles. The number of nitro groups is 1. The molecule has 0 aliphatic heterocycles. The lowest BCUT2D eigenvalue weighted by molar-refractivity contribution is -0.386. The molecule has 2 aromatic rings. The zero-order chi connectivity index (χ0) is 14.7. The van der Waals surface area contributed by atoms with E-state index in [0.717, 1.165) is 10.5 Å². The first-order valence-corrected chi connectivity index (χ1v) is 6.83. The van der Waals surface area contributed by atoms with Crippen LogP contribution in [0.5, 0.6) is 0 Å². The monoisotopic (exact) mass is 289 g/mol. The molecule has 0 heterocycles. The number of para-hydroxylation sites is 1. The van der Waals surface area contributed by atoms with E-state index in [9.17, 15) is 10.1 Å². The van der Waals surface area contributed by atoms with Crippen molar-refractivity contribution in [3.63, 3.8) is 0 Å². The van der Waals surface area contributed by atoms with E-state index < -0.39 is 4.92 Å². The topological polar surface area (TPSA) is 81.2 Å². The zero-order valence-corrected chi connectivity index (χ0v) is 12.0. The van der Waals surface area contributed by atoms with Crippen LogP contribution in [0.3, 0.4) is 0 Å². The van der Waals surface area contributed by atoms with E-state index in [0.29, 0.717) is 10.6 Å². The fourth-order valence-electron chi connectivity index (χ4n) is 1.81. The van der Waals surface area contributed by atoms with Crippen LogP contribution < -0.4 is 11.3 Å². The number of nitrogens with two attached hydrogens (primary N) is 1. The molecule has 0 fully saturated rings. The molecule has 0 radical (unpaired) electrons. The van der Waals surface area contributed by atoms with Crippen LogP contribution in [0.1, 0.15) is 11.1 Å². The Morgan fingerprint density at radius 3 is 2.55 bits per heavy atom. The van der Waals surface area contributed by atoms with Gasteiger partial charge in [-0.2, -0.15) is 0 Å². The van der Waals surface area contributed by atoms with E-state index >= 15 is 0 Å². The highest BCUT2D eigenvalue weighted by atomic mass is 32.2. The van der Waals surface area contributed by atoms with Gasteiger partial charge in [0.2, 0.25) is 0 Å². The van der Waals surface area contributed by atoms with E-state index in [1.165, 1.54) is 17.3 Å². The second kappa shape index (κ2) is 5.94. The summed E-state index contributed by atoms with van der Waals surface area (Å²) in [6.07, 6.45) is 0. The summed E-state index contributed by atoms with van der Waals surface area (Å²) in [5.74, 6) is 5.33. The standard InChI is InChI=1S/C14H15N3O2S/c1-9-6-7-11(8-10(9)2)20-13-5-3-4-12(16-15)14(13)17(18)19/h3-8,16H,15H2,1-2H3. The van der Waals surface area contributed by atoms with Crippen LogP contribution in [0, 0.1) is 24.0 Å². The molecule has 104 valence electrons. The smallest absolute Gasteiger partial charge is 0.307 e. The van der Waals surface area contributed by atoms with E-state index in [-0.39, 0.29) is 5.69 Å². The molecule has 0 saturated heterocycles. The van der Waals surface area contributed by atoms with Crippen LogP contribution in [-0.2, 0) is 0 Å². The van der Waals surface area contributed by atoms with Crippen molar-refractivity contribution in [2.75, 3.05) is 5.43 Å².